The number of fused-ring (bicyclic) bond motifs is 5. The number of hydrogen-bond donors (Lipinski definition) is 21. The first-order valence-electron chi connectivity index (χ1n) is 53.8. The van der Waals surface area contributed by atoms with E-state index in [0.717, 1.165) is 70.6 Å². The van der Waals surface area contributed by atoms with Crippen molar-refractivity contribution in [1.82, 2.24) is 47.9 Å². The number of aliphatic hydroxyl groups is 12. The molecule has 1 unspecified atom stereocenters. The average Bonchev–Trinajstić information content (AvgIpc) is 1.48. The maximum atomic E-state index is 14.2. The van der Waals surface area contributed by atoms with Crippen LogP contribution in [-0.4, -0.2) is 356 Å². The molecule has 3 heterocycles. The summed E-state index contributed by atoms with van der Waals surface area (Å²) in [7, 11) is 0. The zero-order valence-electron chi connectivity index (χ0n) is 86.0. The second-order valence-corrected chi connectivity index (χ2v) is 40.9. The molecule has 3 aliphatic heterocycles. The number of esters is 1. The van der Waals surface area contributed by atoms with E-state index in [9.17, 15) is 109 Å². The Balaban J connectivity index is 0.864. The average molecular weight is 2060 g/mol. The van der Waals surface area contributed by atoms with Gasteiger partial charge in [-0.25, -0.2) is 0 Å². The number of aliphatic hydroxyl groups excluding tert-OH is 12. The lowest BCUT2D eigenvalue weighted by atomic mass is 9.47. The van der Waals surface area contributed by atoms with Gasteiger partial charge in [-0.3, -0.25) is 47.9 Å². The van der Waals surface area contributed by atoms with Gasteiger partial charge in [0.25, 0.3) is 0 Å². The smallest absolute Gasteiger partial charge is 0.306 e. The zero-order valence-corrected chi connectivity index (χ0v) is 86.0. The van der Waals surface area contributed by atoms with Gasteiger partial charge in [0.05, 0.1) is 66.0 Å². The predicted molar refractivity (Wildman–Crippen MR) is 528 cm³/mol. The number of unbranched alkanes of at least 4 members (excludes halogenated alkanes) is 14. The third-order valence-electron chi connectivity index (χ3n) is 29.7. The molecule has 0 bridgehead atoms. The van der Waals surface area contributed by atoms with Gasteiger partial charge in [0.1, 0.15) is 84.9 Å². The Bertz CT molecular complexity index is 3570. The van der Waals surface area contributed by atoms with Crippen molar-refractivity contribution >= 4 is 59.1 Å². The Morgan fingerprint density at radius 3 is 1.22 bits per heavy atom. The van der Waals surface area contributed by atoms with Crippen LogP contribution in [0.1, 0.15) is 291 Å². The molecule has 3 saturated carbocycles. The molecule has 0 aromatic heterocycles. The fraction of sp³-hybridized carbons (Fsp3) is 0.864. The molecule has 41 heteroatoms. The topological polar surface area (TPSA) is 614 Å². The number of allylic oxidation sites excluding steroid dienone is 3. The van der Waals surface area contributed by atoms with Crippen LogP contribution in [0.5, 0.6) is 0 Å². The molecule has 7 aliphatic rings. The van der Waals surface area contributed by atoms with Crippen molar-refractivity contribution in [3.63, 3.8) is 0 Å². The molecule has 4 aliphatic carbocycles. The Labute approximate surface area is 850 Å². The first-order chi connectivity index (χ1) is 69.3. The summed E-state index contributed by atoms with van der Waals surface area (Å²) in [6.45, 7) is 7.03. The summed E-state index contributed by atoms with van der Waals surface area (Å²) < 4.78 is 57.1. The van der Waals surface area contributed by atoms with Crippen LogP contribution in [0.3, 0.4) is 0 Å². The Morgan fingerprint density at radius 2 is 0.785 bits per heavy atom. The number of amides is 9. The van der Waals surface area contributed by atoms with Gasteiger partial charge in [-0.05, 0) is 188 Å². The van der Waals surface area contributed by atoms with Gasteiger partial charge in [-0.1, -0.05) is 103 Å². The standard InChI is InChI=1S/C103H179N9O32/c1-5-6-7-8-9-10-11-12-13-14-15-16-17-18-19-34-88(125)141-71-41-46-101(3)70(61-71)36-37-72-74-39-38-73(102(74,4)47-42-75(72)101)69(2)35-40-83(120)104-48-26-33-82(119)111-62-87(124)112-103(66-135-58-43-84(121)108-52-27-49-105-79(116)30-20-23-55-138-98-95(132)92(129)89(126)76(63-113)142-98,67-136-59-44-85(122)109-53-28-50-106-80(117)31-21-24-56-139-99-96(133)93(130)90(127)77(64-114)143-99)68-137-60-45-86(123)110-54-29-51-107-81(118)32-22-25-57-140-100-97(134)94(131)91(128)78(65-115)144-100/h12-13,36,69,71-78,89-100,113-115,126-134H,5-11,14-35,37-68H2,1-4H3,(H,104,120)(H,105,116)(H,106,117)(H,107,118)(H,108,121)(H,109,122)(H,110,123)(H,111,119)(H,112,124)/b13-12-/t69?,71-,72-,73+,74-,75-,76+,77+,78+,89-,90-,91-,92+,93+,94+,95+,96+,97+,98+,99+,100+,101-,102+/m0/s1. The van der Waals surface area contributed by atoms with Gasteiger partial charge in [0, 0.05) is 130 Å². The van der Waals surface area contributed by atoms with Crippen LogP contribution >= 0.6 is 0 Å². The molecular weight excluding hydrogens is 1880 g/mol. The fourth-order valence-corrected chi connectivity index (χ4v) is 21.1. The van der Waals surface area contributed by atoms with Crippen molar-refractivity contribution in [2.75, 3.05) is 132 Å². The van der Waals surface area contributed by atoms with Crippen molar-refractivity contribution in [1.29, 1.82) is 0 Å². The highest BCUT2D eigenvalue weighted by Gasteiger charge is 2.60. The van der Waals surface area contributed by atoms with E-state index in [2.05, 4.69) is 93.8 Å². The molecule has 0 spiro atoms. The van der Waals surface area contributed by atoms with E-state index >= 15 is 0 Å². The normalized spacial score (nSPS) is 28.0. The molecule has 7 rings (SSSR count). The molecule has 9 amide bonds. The summed E-state index contributed by atoms with van der Waals surface area (Å²) in [6.07, 6.45) is 15.2. The van der Waals surface area contributed by atoms with Gasteiger partial charge in [0.15, 0.2) is 18.9 Å². The SMILES string of the molecule is CCCCCCCC/C=C\CCCCCCCC(=O)O[C@H]1CC[C@@]2(C)C(=CC[C@H]3[C@@H]4CC[C@H](C(C)CCC(=O)NCCCC(=O)NCC(=O)NC(COCCC(=O)NCCCNC(=O)CCCCO[C@@H]5O[C@H](CO)[C@H](O)[C@@H](O)[C@H]5O)(COCCC(=O)NCCCNC(=O)CCCCO[C@@H]5O[C@H](CO)[C@H](O)[C@@H](O)[C@H]5O)COCCC(=O)NCCCNC(=O)CCCCO[C@@H]5O[C@H](CO)[C@H](O)[C@@H](O)[C@H]5O)[C@@]4(C)CC[C@@H]32)C1. The third kappa shape index (κ3) is 43.7. The largest absolute Gasteiger partial charge is 0.462 e. The van der Waals surface area contributed by atoms with Crippen LogP contribution in [0.4, 0.5) is 0 Å². The number of carbonyl (C=O) groups excluding carboxylic acids is 10. The molecule has 41 nitrogen and oxygen atoms in total. The minimum Gasteiger partial charge on any atom is -0.462 e. The number of rotatable bonds is 75. The van der Waals surface area contributed by atoms with Gasteiger partial charge >= 0.3 is 5.97 Å². The quantitative estimate of drug-likeness (QED) is 0.0236. The fourth-order valence-electron chi connectivity index (χ4n) is 21.1. The first-order valence-corrected chi connectivity index (χ1v) is 53.8. The highest BCUT2D eigenvalue weighted by Crippen LogP contribution is 2.67. The van der Waals surface area contributed by atoms with Gasteiger partial charge < -0.3 is 156 Å². The van der Waals surface area contributed by atoms with E-state index in [1.54, 1.807) is 0 Å². The van der Waals surface area contributed by atoms with E-state index in [-0.39, 0.29) is 203 Å². The van der Waals surface area contributed by atoms with Gasteiger partial charge in [0.2, 0.25) is 53.2 Å². The van der Waals surface area contributed by atoms with E-state index in [1.165, 1.54) is 76.2 Å². The first kappa shape index (κ1) is 124. The van der Waals surface area contributed by atoms with Crippen molar-refractivity contribution in [3.8, 4) is 0 Å². The summed E-state index contributed by atoms with van der Waals surface area (Å²) in [4.78, 5) is 132. The van der Waals surface area contributed by atoms with Crippen LogP contribution in [0.15, 0.2) is 23.8 Å². The van der Waals surface area contributed by atoms with Crippen molar-refractivity contribution in [3.05, 3.63) is 23.8 Å². The Morgan fingerprint density at radius 1 is 0.403 bits per heavy atom. The van der Waals surface area contributed by atoms with Crippen molar-refractivity contribution in [2.24, 2.45) is 40.4 Å². The molecule has 828 valence electrons. The lowest BCUT2D eigenvalue weighted by molar-refractivity contribution is -0.301. The summed E-state index contributed by atoms with van der Waals surface area (Å²) in [5.74, 6) is -0.822. The maximum Gasteiger partial charge on any atom is 0.306 e. The van der Waals surface area contributed by atoms with Gasteiger partial charge in [-0.15, -0.1) is 0 Å². The van der Waals surface area contributed by atoms with Gasteiger partial charge in [-0.2, -0.15) is 0 Å². The number of nitrogens with one attached hydrogen (secondary N) is 9. The summed E-state index contributed by atoms with van der Waals surface area (Å²) in [6, 6.07) is 0. The molecule has 21 N–H and O–H groups in total. The van der Waals surface area contributed by atoms with Crippen LogP contribution in [-0.2, 0) is 95.3 Å². The number of ether oxygens (including phenoxy) is 10. The van der Waals surface area contributed by atoms with Crippen molar-refractivity contribution in [2.45, 2.75) is 395 Å². The molecule has 23 atom stereocenters. The number of hydrogen-bond acceptors (Lipinski definition) is 32. The predicted octanol–water partition coefficient (Wildman–Crippen LogP) is 2.85. The van der Waals surface area contributed by atoms with Crippen LogP contribution in [0, 0.1) is 40.4 Å². The lowest BCUT2D eigenvalue weighted by Crippen LogP contribution is -2.60. The monoisotopic (exact) mass is 2050 g/mol. The number of carbonyl (C=O) groups is 10. The van der Waals surface area contributed by atoms with E-state index in [0.29, 0.717) is 100 Å². The molecule has 144 heavy (non-hydrogen) atoms. The summed E-state index contributed by atoms with van der Waals surface area (Å²) >= 11 is 0. The molecule has 0 aromatic rings. The van der Waals surface area contributed by atoms with E-state index < -0.39 is 154 Å². The van der Waals surface area contributed by atoms with E-state index in [1.807, 2.05) is 0 Å². The highest BCUT2D eigenvalue weighted by atomic mass is 16.7. The highest BCUT2D eigenvalue weighted by molar-refractivity contribution is 5.85. The minimum atomic E-state index is -1.61. The third-order valence-corrected chi connectivity index (χ3v) is 29.7. The van der Waals surface area contributed by atoms with E-state index in [4.69, 9.17) is 47.4 Å². The summed E-state index contributed by atoms with van der Waals surface area (Å²) in [5, 5.41) is 145. The van der Waals surface area contributed by atoms with Crippen LogP contribution in [0.2, 0.25) is 0 Å². The Kier molecular flexibility index (Phi) is 59.5. The molecule has 6 fully saturated rings. The molecule has 3 saturated heterocycles. The minimum absolute atomic E-state index is 0.0339. The summed E-state index contributed by atoms with van der Waals surface area (Å²) in [5.41, 5.74) is 0.147. The van der Waals surface area contributed by atoms with Crippen LogP contribution < -0.4 is 47.9 Å². The second kappa shape index (κ2) is 68.9. The molecule has 0 aromatic carbocycles. The van der Waals surface area contributed by atoms with Crippen LogP contribution in [0.25, 0.3) is 0 Å². The lowest BCUT2D eigenvalue weighted by Gasteiger charge is -2.58. The molecular formula is C103H179N9O32. The maximum absolute atomic E-state index is 14.2. The van der Waals surface area contributed by atoms with Crippen molar-refractivity contribution < 1.29 is 157 Å². The Hall–Kier alpha value is -6.66. The molecule has 0 radical (unpaired) electrons. The zero-order chi connectivity index (χ0) is 105. The second-order valence-electron chi connectivity index (χ2n) is 40.9.